The van der Waals surface area contributed by atoms with Crippen molar-refractivity contribution < 1.29 is 46.6 Å². The Kier molecular flexibility index (Phi) is 22.4. The Morgan fingerprint density at radius 2 is 1.25 bits per heavy atom. The number of carbonyl (C=O) groups excluding carboxylic acids is 5. The molecular formula is C64H77N9O11S. The van der Waals surface area contributed by atoms with Gasteiger partial charge in [-0.3, -0.25) is 28.5 Å². The van der Waals surface area contributed by atoms with E-state index in [4.69, 9.17) is 19.2 Å². The number of imidazole rings is 1. The first-order valence-electron chi connectivity index (χ1n) is 28.4. The van der Waals surface area contributed by atoms with Gasteiger partial charge in [0.05, 0.1) is 17.5 Å². The summed E-state index contributed by atoms with van der Waals surface area (Å²) in [5.41, 5.74) is 3.76. The Hall–Kier alpha value is -8.66. The maximum Gasteiger partial charge on any atom is 0.407 e. The summed E-state index contributed by atoms with van der Waals surface area (Å²) in [7, 11) is -3.21. The minimum Gasteiger partial charge on any atom is -0.468 e. The van der Waals surface area contributed by atoms with Crippen molar-refractivity contribution in [3.05, 3.63) is 195 Å². The van der Waals surface area contributed by atoms with E-state index >= 15 is 0 Å². The number of sulfonamides is 1. The number of hydrogen-bond donors (Lipinski definition) is 6. The number of ether oxygens (including phenoxy) is 3. The van der Waals surface area contributed by atoms with Crippen LogP contribution in [0.25, 0.3) is 10.9 Å². The van der Waals surface area contributed by atoms with Crippen LogP contribution in [-0.4, -0.2) is 110 Å². The third kappa shape index (κ3) is 17.0. The summed E-state index contributed by atoms with van der Waals surface area (Å²) in [4.78, 5) is 83.8. The van der Waals surface area contributed by atoms with Crippen molar-refractivity contribution >= 4 is 56.7 Å². The zero-order valence-corrected chi connectivity index (χ0v) is 50.1. The van der Waals surface area contributed by atoms with Crippen LogP contribution >= 0.6 is 0 Å². The highest BCUT2D eigenvalue weighted by atomic mass is 32.2. The monoisotopic (exact) mass is 1180 g/mol. The smallest absolute Gasteiger partial charge is 0.407 e. The van der Waals surface area contributed by atoms with Gasteiger partial charge in [0.1, 0.15) is 22.7 Å². The van der Waals surface area contributed by atoms with Crippen LogP contribution < -0.4 is 36.7 Å². The van der Waals surface area contributed by atoms with Gasteiger partial charge in [-0.1, -0.05) is 115 Å². The molecule has 6 N–H and O–H groups in total. The Morgan fingerprint density at radius 3 is 1.80 bits per heavy atom. The molecule has 0 aliphatic carbocycles. The van der Waals surface area contributed by atoms with E-state index in [1.165, 1.54) is 6.20 Å². The molecule has 0 bridgehead atoms. The molecule has 0 aliphatic heterocycles. The number of hydrogen-bond acceptors (Lipinski definition) is 13. The average molecular weight is 1180 g/mol. The Bertz CT molecular complexity index is 3490. The van der Waals surface area contributed by atoms with Crippen molar-refractivity contribution in [3.8, 4) is 0 Å². The molecule has 450 valence electrons. The molecule has 0 saturated heterocycles. The van der Waals surface area contributed by atoms with Gasteiger partial charge in [0.25, 0.3) is 5.91 Å². The second-order valence-electron chi connectivity index (χ2n) is 21.6. The van der Waals surface area contributed by atoms with Gasteiger partial charge in [0.2, 0.25) is 33.2 Å². The van der Waals surface area contributed by atoms with Crippen molar-refractivity contribution in [1.82, 2.24) is 40.1 Å². The molecule has 2 heterocycles. The molecular weight excluding hydrogens is 1100 g/mol. The highest BCUT2D eigenvalue weighted by Crippen LogP contribution is 2.42. The zero-order valence-electron chi connectivity index (χ0n) is 49.3. The number of aryl methyl sites for hydroxylation is 4. The lowest BCUT2D eigenvalue weighted by Gasteiger charge is -2.38. The minimum atomic E-state index is -4.31. The van der Waals surface area contributed by atoms with E-state index in [1.807, 2.05) is 73.8 Å². The quantitative estimate of drug-likeness (QED) is 0.0151. The van der Waals surface area contributed by atoms with Crippen molar-refractivity contribution in [2.45, 2.75) is 109 Å². The number of benzene rings is 5. The first kappa shape index (κ1) is 63.9. The first-order valence-corrected chi connectivity index (χ1v) is 29.8. The van der Waals surface area contributed by atoms with E-state index < -0.39 is 57.1 Å². The fraction of sp³-hybridized carbons (Fsp3) is 0.359. The van der Waals surface area contributed by atoms with Crippen LogP contribution in [-0.2, 0) is 57.2 Å². The molecule has 0 fully saturated rings. The number of nitrogens with zero attached hydrogens (tertiary/aromatic N) is 3. The number of amides is 4. The summed E-state index contributed by atoms with van der Waals surface area (Å²) in [6, 6.07) is 37.8. The van der Waals surface area contributed by atoms with Crippen LogP contribution in [0.4, 0.5) is 10.7 Å². The molecule has 0 saturated carbocycles. The fourth-order valence-electron chi connectivity index (χ4n) is 10.2. The van der Waals surface area contributed by atoms with Gasteiger partial charge in [-0.15, -0.1) is 0 Å². The molecule has 0 aliphatic rings. The van der Waals surface area contributed by atoms with Gasteiger partial charge in [0.15, 0.2) is 0 Å². The van der Waals surface area contributed by atoms with Crippen LogP contribution in [0.15, 0.2) is 150 Å². The number of anilines is 1. The summed E-state index contributed by atoms with van der Waals surface area (Å²) in [6.45, 7) is 12.2. The maximum atomic E-state index is 14.4. The number of nitrogens with one attached hydrogen (secondary N) is 6. The normalized spacial score (nSPS) is 12.0. The number of alkyl carbamates (subject to hydrolysis) is 1. The molecule has 0 radical (unpaired) electrons. The highest BCUT2D eigenvalue weighted by Gasteiger charge is 2.40. The summed E-state index contributed by atoms with van der Waals surface area (Å²) >= 11 is 0. The topological polar surface area (TPSA) is 259 Å². The number of pyridine rings is 1. The maximum absolute atomic E-state index is 14.4. The third-order valence-corrected chi connectivity index (χ3v) is 15.7. The van der Waals surface area contributed by atoms with E-state index in [9.17, 15) is 37.2 Å². The zero-order chi connectivity index (χ0) is 61.2. The van der Waals surface area contributed by atoms with Crippen LogP contribution in [0, 0.1) is 20.8 Å². The van der Waals surface area contributed by atoms with E-state index in [-0.39, 0.29) is 60.1 Å². The Balaban J connectivity index is 1.06. The standard InChI is InChI=1S/C64H77N9O11S/c1-44-38-45(2)58(46(3)39-44)85(80,81)71-53(60(78)82-7)42-69-59(77)52-43-72(34-17-30-65-55(74)28-29-56(75)66-31-18-36-83-37-19-32-68-62(79)84-63(4,5)6)54-40-47(26-27-51(54)57(52)76)41-70-61-67-33-35-73(61)64(48-20-11-8-12-21-48,49-22-13-9-14-23-49)50-24-15-10-16-25-50/h8-16,20-27,33,35,38-40,43,53,71H,17-19,28-32,34,36-37,41-42H2,1-7H3,(H,65,74)(H,66,75)(H,67,70)(H,68,79)(H,69,77). The van der Waals surface area contributed by atoms with Crippen molar-refractivity contribution in [1.29, 1.82) is 0 Å². The summed E-state index contributed by atoms with van der Waals surface area (Å²) < 4.78 is 49.5. The van der Waals surface area contributed by atoms with Crippen LogP contribution in [0.3, 0.4) is 0 Å². The fourth-order valence-corrected chi connectivity index (χ4v) is 11.9. The molecule has 85 heavy (non-hydrogen) atoms. The SMILES string of the molecule is COC(=O)C(CNC(=O)c1cn(CCCNC(=O)CCC(=O)NCCCOCCCNC(=O)OC(C)(C)C)c2cc(CNc3nccn3C(c3ccccc3)(c3ccccc3)c3ccccc3)ccc2c1=O)NS(=O)(=O)c1c(C)cc(C)cc1C. The van der Waals surface area contributed by atoms with Gasteiger partial charge in [-0.25, -0.2) is 18.2 Å². The molecule has 20 nitrogen and oxygen atoms in total. The molecule has 4 amide bonds. The lowest BCUT2D eigenvalue weighted by atomic mass is 9.76. The molecule has 7 aromatic rings. The second-order valence-corrected chi connectivity index (χ2v) is 23.3. The van der Waals surface area contributed by atoms with Gasteiger partial charge in [-0.05, 0) is 106 Å². The second kappa shape index (κ2) is 29.7. The summed E-state index contributed by atoms with van der Waals surface area (Å²) in [5.74, 6) is -1.88. The van der Waals surface area contributed by atoms with Crippen molar-refractivity contribution in [3.63, 3.8) is 0 Å². The number of rotatable bonds is 29. The van der Waals surface area contributed by atoms with Crippen LogP contribution in [0.5, 0.6) is 0 Å². The first-order chi connectivity index (χ1) is 40.7. The molecule has 1 unspecified atom stereocenters. The van der Waals surface area contributed by atoms with E-state index in [2.05, 4.69) is 72.3 Å². The Labute approximate surface area is 496 Å². The molecule has 1 atom stereocenters. The number of esters is 1. The third-order valence-electron chi connectivity index (χ3n) is 13.9. The molecule has 21 heteroatoms. The van der Waals surface area contributed by atoms with Gasteiger partial charge < -0.3 is 45.4 Å². The minimum absolute atomic E-state index is 0.00830. The van der Waals surface area contributed by atoms with E-state index in [0.29, 0.717) is 68.2 Å². The number of methoxy groups -OCH3 is 1. The molecule has 5 aromatic carbocycles. The molecule has 2 aromatic heterocycles. The lowest BCUT2D eigenvalue weighted by Crippen LogP contribution is -2.49. The van der Waals surface area contributed by atoms with Crippen molar-refractivity contribution in [2.75, 3.05) is 51.8 Å². The van der Waals surface area contributed by atoms with E-state index in [0.717, 1.165) is 34.9 Å². The number of fused-ring (bicyclic) bond motifs is 1. The highest BCUT2D eigenvalue weighted by molar-refractivity contribution is 7.89. The predicted octanol–water partition coefficient (Wildman–Crippen LogP) is 7.55. The summed E-state index contributed by atoms with van der Waals surface area (Å²) in [6.07, 6.45) is 6.04. The number of aromatic nitrogens is 3. The molecule has 0 spiro atoms. The molecule has 7 rings (SSSR count). The number of carbonyl (C=O) groups is 5. The predicted molar refractivity (Wildman–Crippen MR) is 326 cm³/mol. The van der Waals surface area contributed by atoms with Gasteiger partial charge in [-0.2, -0.15) is 4.72 Å². The van der Waals surface area contributed by atoms with E-state index in [1.54, 1.807) is 69.6 Å². The lowest BCUT2D eigenvalue weighted by molar-refractivity contribution is -0.142. The average Bonchev–Trinajstić information content (AvgIpc) is 1.85. The van der Waals surface area contributed by atoms with Crippen molar-refractivity contribution in [2.24, 2.45) is 0 Å². The summed E-state index contributed by atoms with van der Waals surface area (Å²) in [5, 5.41) is 14.7. The van der Waals surface area contributed by atoms with Crippen LogP contribution in [0.2, 0.25) is 0 Å². The van der Waals surface area contributed by atoms with Gasteiger partial charge >= 0.3 is 12.1 Å². The van der Waals surface area contributed by atoms with Gasteiger partial charge in [0, 0.05) is 89.3 Å². The van der Waals surface area contributed by atoms with Crippen LogP contribution in [0.1, 0.15) is 102 Å². The largest absolute Gasteiger partial charge is 0.468 e. The Morgan fingerprint density at radius 1 is 0.694 bits per heavy atom.